The van der Waals surface area contributed by atoms with Crippen molar-refractivity contribution in [2.24, 2.45) is 7.05 Å². The van der Waals surface area contributed by atoms with Gasteiger partial charge in [-0.25, -0.2) is 4.68 Å². The van der Waals surface area contributed by atoms with Gasteiger partial charge >= 0.3 is 0 Å². The van der Waals surface area contributed by atoms with Crippen LogP contribution in [0.4, 0.5) is 0 Å². The fraction of sp³-hybridized carbons (Fsp3) is 0.136. The molecule has 0 aliphatic carbocycles. The fourth-order valence-corrected chi connectivity index (χ4v) is 4.39. The molecule has 6 heteroatoms. The number of para-hydroxylation sites is 1. The van der Waals surface area contributed by atoms with Crippen LogP contribution >= 0.6 is 11.8 Å². The predicted octanol–water partition coefficient (Wildman–Crippen LogP) is 3.04. The average Bonchev–Trinajstić information content (AvgIpc) is 2.94. The second-order valence-corrected chi connectivity index (χ2v) is 7.56. The highest BCUT2D eigenvalue weighted by molar-refractivity contribution is 7.98. The van der Waals surface area contributed by atoms with Crippen LogP contribution in [0, 0.1) is 6.92 Å². The topological polar surface area (TPSA) is 61.1 Å². The molecule has 28 heavy (non-hydrogen) atoms. The number of nitrogens with zero attached hydrogens (tertiary/aromatic N) is 2. The number of hydrogen-bond donors (Lipinski definition) is 0. The summed E-state index contributed by atoms with van der Waals surface area (Å²) in [4.78, 5) is 38.1. The van der Waals surface area contributed by atoms with Gasteiger partial charge in [-0.2, -0.15) is 0 Å². The van der Waals surface area contributed by atoms with Gasteiger partial charge in [0.25, 0.3) is 5.56 Å². The van der Waals surface area contributed by atoms with Crippen molar-refractivity contribution >= 4 is 11.8 Å². The molecule has 4 rings (SSSR count). The van der Waals surface area contributed by atoms with Crippen molar-refractivity contribution in [3.05, 3.63) is 103 Å². The fourth-order valence-electron chi connectivity index (χ4n) is 3.32. The number of hydrogen-bond acceptors (Lipinski definition) is 4. The van der Waals surface area contributed by atoms with Gasteiger partial charge in [0.15, 0.2) is 0 Å². The third-order valence-electron chi connectivity index (χ3n) is 4.90. The third-order valence-corrected chi connectivity index (χ3v) is 6.05. The lowest BCUT2D eigenvalue weighted by atomic mass is 10.0. The summed E-state index contributed by atoms with van der Waals surface area (Å²) in [6.07, 6.45) is 0. The normalized spacial score (nSPS) is 11.2. The van der Waals surface area contributed by atoms with E-state index in [1.807, 2.05) is 60.7 Å². The van der Waals surface area contributed by atoms with E-state index in [0.29, 0.717) is 27.6 Å². The van der Waals surface area contributed by atoms with E-state index in [1.165, 1.54) is 16.4 Å². The Morgan fingerprint density at radius 3 is 2.07 bits per heavy atom. The molecule has 0 saturated heterocycles. The molecule has 0 radical (unpaired) electrons. The third kappa shape index (κ3) is 2.86. The Hall–Kier alpha value is -3.12. The van der Waals surface area contributed by atoms with Crippen LogP contribution in [0.2, 0.25) is 0 Å². The Bertz CT molecular complexity index is 1280. The van der Waals surface area contributed by atoms with Crippen LogP contribution in [-0.2, 0) is 12.8 Å². The number of thioether (sulfide) groups is 1. The van der Waals surface area contributed by atoms with Crippen molar-refractivity contribution in [1.29, 1.82) is 0 Å². The minimum absolute atomic E-state index is 0.249. The molecule has 0 unspecified atom stereocenters. The van der Waals surface area contributed by atoms with Crippen LogP contribution in [0.5, 0.6) is 0 Å². The molecule has 0 amide bonds. The average molecular weight is 390 g/mol. The second-order valence-electron chi connectivity index (χ2n) is 6.57. The van der Waals surface area contributed by atoms with Gasteiger partial charge in [-0.15, -0.1) is 11.8 Å². The maximum atomic E-state index is 13.2. The maximum absolute atomic E-state index is 13.2. The van der Waals surface area contributed by atoms with Crippen molar-refractivity contribution in [1.82, 2.24) is 9.36 Å². The van der Waals surface area contributed by atoms with E-state index < -0.39 is 10.9 Å². The van der Waals surface area contributed by atoms with Crippen molar-refractivity contribution < 1.29 is 0 Å². The molecule has 1 aromatic heterocycles. The van der Waals surface area contributed by atoms with E-state index in [4.69, 9.17) is 0 Å². The van der Waals surface area contributed by atoms with Crippen LogP contribution in [-0.4, -0.2) is 9.36 Å². The maximum Gasteiger partial charge on any atom is 0.279 e. The largest absolute Gasteiger partial charge is 0.285 e. The lowest BCUT2D eigenvalue weighted by Gasteiger charge is -2.10. The van der Waals surface area contributed by atoms with Gasteiger partial charge in [-0.1, -0.05) is 48.5 Å². The highest BCUT2D eigenvalue weighted by atomic mass is 32.2. The summed E-state index contributed by atoms with van der Waals surface area (Å²) in [5, 5.41) is 0. The molecule has 0 aliphatic rings. The van der Waals surface area contributed by atoms with Crippen molar-refractivity contribution in [3.63, 3.8) is 0 Å². The van der Waals surface area contributed by atoms with Gasteiger partial charge in [0.05, 0.1) is 21.7 Å². The standard InChI is InChI=1S/C22H18N2O3S/c1-14-17(22(27)24(23(14)2)16-11-7-4-8-12-16)18-19(25)20(26)21(18)28-13-15-9-5-3-6-10-15/h3-12H,13H2,1-2H3. The summed E-state index contributed by atoms with van der Waals surface area (Å²) >= 11 is 1.31. The monoisotopic (exact) mass is 390 g/mol. The number of benzene rings is 2. The molecule has 0 atom stereocenters. The zero-order valence-corrected chi connectivity index (χ0v) is 16.3. The highest BCUT2D eigenvalue weighted by Crippen LogP contribution is 2.30. The SMILES string of the molecule is Cc1c(-c2c(SCc3ccccc3)c(=O)c2=O)c(=O)n(-c2ccccc2)n1C. The molecule has 1 heterocycles. The molecule has 4 aromatic rings. The molecule has 5 nitrogen and oxygen atoms in total. The van der Waals surface area contributed by atoms with E-state index >= 15 is 0 Å². The minimum Gasteiger partial charge on any atom is -0.285 e. The lowest BCUT2D eigenvalue weighted by molar-refractivity contribution is 0.630. The minimum atomic E-state index is -0.582. The Morgan fingerprint density at radius 2 is 1.43 bits per heavy atom. The summed E-state index contributed by atoms with van der Waals surface area (Å²) in [7, 11) is 1.77. The molecule has 140 valence electrons. The van der Waals surface area contributed by atoms with Gasteiger partial charge < -0.3 is 0 Å². The first-order chi connectivity index (χ1) is 13.5. The first-order valence-corrected chi connectivity index (χ1v) is 9.83. The van der Waals surface area contributed by atoms with Crippen LogP contribution in [0.3, 0.4) is 0 Å². The Balaban J connectivity index is 1.79. The van der Waals surface area contributed by atoms with E-state index in [0.717, 1.165) is 5.56 Å². The van der Waals surface area contributed by atoms with Gasteiger partial charge in [0.2, 0.25) is 10.9 Å². The molecule has 0 spiro atoms. The van der Waals surface area contributed by atoms with Crippen LogP contribution in [0.15, 0.2) is 79.9 Å². The van der Waals surface area contributed by atoms with E-state index in [1.54, 1.807) is 18.7 Å². The van der Waals surface area contributed by atoms with Crippen LogP contribution in [0.1, 0.15) is 11.3 Å². The van der Waals surface area contributed by atoms with E-state index in [9.17, 15) is 14.4 Å². The molecular formula is C22H18N2O3S. The Labute approximate surface area is 165 Å². The first kappa shape index (κ1) is 18.3. The highest BCUT2D eigenvalue weighted by Gasteiger charge is 2.29. The number of rotatable bonds is 5. The molecule has 3 aromatic carbocycles. The molecule has 0 N–H and O–H groups in total. The van der Waals surface area contributed by atoms with E-state index in [-0.39, 0.29) is 11.1 Å². The van der Waals surface area contributed by atoms with Gasteiger partial charge in [-0.05, 0) is 24.6 Å². The summed E-state index contributed by atoms with van der Waals surface area (Å²) in [6.45, 7) is 1.79. The van der Waals surface area contributed by atoms with Crippen LogP contribution < -0.4 is 16.4 Å². The lowest BCUT2D eigenvalue weighted by Crippen LogP contribution is -2.36. The van der Waals surface area contributed by atoms with Crippen molar-refractivity contribution in [3.8, 4) is 16.8 Å². The second kappa shape index (κ2) is 7.13. The Kier molecular flexibility index (Phi) is 4.65. The van der Waals surface area contributed by atoms with Crippen LogP contribution in [0.25, 0.3) is 16.8 Å². The number of aromatic nitrogens is 2. The van der Waals surface area contributed by atoms with Gasteiger partial charge in [0, 0.05) is 18.5 Å². The molecule has 0 aliphatic heterocycles. The summed E-state index contributed by atoms with van der Waals surface area (Å²) < 4.78 is 3.24. The summed E-state index contributed by atoms with van der Waals surface area (Å²) in [6, 6.07) is 19.0. The summed E-state index contributed by atoms with van der Waals surface area (Å²) in [5.41, 5.74) is 1.60. The van der Waals surface area contributed by atoms with E-state index in [2.05, 4.69) is 0 Å². The quantitative estimate of drug-likeness (QED) is 0.388. The smallest absolute Gasteiger partial charge is 0.279 e. The van der Waals surface area contributed by atoms with Gasteiger partial charge in [0.1, 0.15) is 0 Å². The predicted molar refractivity (Wildman–Crippen MR) is 112 cm³/mol. The van der Waals surface area contributed by atoms with Crippen molar-refractivity contribution in [2.75, 3.05) is 0 Å². The Morgan fingerprint density at radius 1 is 0.821 bits per heavy atom. The molecule has 0 saturated carbocycles. The zero-order valence-electron chi connectivity index (χ0n) is 15.5. The summed E-state index contributed by atoms with van der Waals surface area (Å²) in [5.74, 6) is 0.567. The molecule has 0 fully saturated rings. The van der Waals surface area contributed by atoms with Crippen molar-refractivity contribution in [2.45, 2.75) is 17.6 Å². The molecular weight excluding hydrogens is 372 g/mol. The first-order valence-electron chi connectivity index (χ1n) is 8.85. The molecule has 0 bridgehead atoms. The zero-order chi connectivity index (χ0) is 19.8. The van der Waals surface area contributed by atoms with Gasteiger partial charge in [-0.3, -0.25) is 19.1 Å².